The van der Waals surface area contributed by atoms with Crippen LogP contribution in [0.5, 0.6) is 0 Å². The fourth-order valence-corrected chi connectivity index (χ4v) is 5.79. The monoisotopic (exact) mass is 181 g/mol. The third-order valence-electron chi connectivity index (χ3n) is 1.44. The lowest BCUT2D eigenvalue weighted by Gasteiger charge is -2.33. The maximum atomic E-state index is 5.86. The van der Waals surface area contributed by atoms with Gasteiger partial charge in [0.2, 0.25) is 0 Å². The Labute approximate surface area is 67.7 Å². The molecule has 1 aliphatic rings. The second-order valence-corrected chi connectivity index (χ2v) is 7.41. The van der Waals surface area contributed by atoms with Crippen LogP contribution >= 0.6 is 31.4 Å². The van der Waals surface area contributed by atoms with Gasteiger partial charge in [-0.15, -0.1) is 0 Å². The fourth-order valence-electron chi connectivity index (χ4n) is 0.475. The summed E-state index contributed by atoms with van der Waals surface area (Å²) >= 11 is 0. The van der Waals surface area contributed by atoms with E-state index in [0.29, 0.717) is 6.04 Å². The van der Waals surface area contributed by atoms with E-state index in [0.717, 1.165) is 5.75 Å². The summed E-state index contributed by atoms with van der Waals surface area (Å²) in [5, 5.41) is 0. The van der Waals surface area contributed by atoms with Crippen LogP contribution in [0.4, 0.5) is 0 Å². The molecular weight excluding hydrogens is 170 g/mol. The second kappa shape index (κ2) is 2.95. The van der Waals surface area contributed by atoms with Gasteiger partial charge in [0.1, 0.15) is 0 Å². The first-order valence-corrected chi connectivity index (χ1v) is 6.51. The van der Waals surface area contributed by atoms with E-state index in [1.807, 2.05) is 31.4 Å². The van der Waals surface area contributed by atoms with Gasteiger partial charge in [0.05, 0.1) is 0 Å². The van der Waals surface area contributed by atoms with Gasteiger partial charge in [0.25, 0.3) is 0 Å². The van der Waals surface area contributed by atoms with Crippen molar-refractivity contribution in [3.8, 4) is 0 Å². The summed E-state index contributed by atoms with van der Waals surface area (Å²) in [7, 11) is 5.60. The Bertz CT molecular complexity index is 104. The number of rotatable bonds is 0. The zero-order chi connectivity index (χ0) is 6.91. The van der Waals surface area contributed by atoms with Crippen LogP contribution in [-0.4, -0.2) is 16.5 Å². The summed E-state index contributed by atoms with van der Waals surface area (Å²) in [6.07, 6.45) is 0. The van der Waals surface area contributed by atoms with E-state index >= 15 is 0 Å². The molecule has 0 aliphatic carbocycles. The number of nitrogens with two attached hydrogens (primary N) is 1. The zero-order valence-electron chi connectivity index (χ0n) is 5.59. The molecule has 1 atom stereocenters. The smallest absolute Gasteiger partial charge is 0.0374 e. The van der Waals surface area contributed by atoms with Crippen molar-refractivity contribution >= 4 is 31.4 Å². The molecule has 1 aliphatic heterocycles. The van der Waals surface area contributed by atoms with Gasteiger partial charge in [0, 0.05) is 16.5 Å². The first kappa shape index (κ1) is 8.11. The molecule has 0 aromatic heterocycles. The summed E-state index contributed by atoms with van der Waals surface area (Å²) in [5.74, 6) is 1.09. The van der Waals surface area contributed by atoms with Crippen molar-refractivity contribution in [1.29, 1.82) is 0 Å². The molecule has 1 unspecified atom stereocenters. The number of hydrogen-bond donors (Lipinski definition) is 1. The highest BCUT2D eigenvalue weighted by molar-refractivity contribution is 9.09. The van der Waals surface area contributed by atoms with Gasteiger partial charge in [-0.25, -0.2) is 0 Å². The van der Waals surface area contributed by atoms with Crippen molar-refractivity contribution in [2.24, 2.45) is 5.73 Å². The zero-order valence-corrected chi connectivity index (χ0v) is 8.04. The Kier molecular flexibility index (Phi) is 2.65. The molecular formula is C5H11NS3. The largest absolute Gasteiger partial charge is 0.326 e. The van der Waals surface area contributed by atoms with Crippen LogP contribution in [0.2, 0.25) is 0 Å². The Morgan fingerprint density at radius 3 is 2.56 bits per heavy atom. The third kappa shape index (κ3) is 1.97. The van der Waals surface area contributed by atoms with E-state index in [-0.39, 0.29) is 4.75 Å². The van der Waals surface area contributed by atoms with E-state index in [1.54, 1.807) is 0 Å². The molecule has 1 nitrogen and oxygen atoms in total. The van der Waals surface area contributed by atoms with Crippen LogP contribution in [-0.2, 0) is 0 Å². The molecule has 0 bridgehead atoms. The average Bonchev–Trinajstić information content (AvgIpc) is 1.77. The molecule has 0 saturated carbocycles. The van der Waals surface area contributed by atoms with E-state index in [4.69, 9.17) is 5.73 Å². The van der Waals surface area contributed by atoms with Crippen molar-refractivity contribution in [1.82, 2.24) is 0 Å². The molecule has 4 heteroatoms. The highest BCUT2D eigenvalue weighted by Crippen LogP contribution is 2.49. The topological polar surface area (TPSA) is 26.0 Å². The van der Waals surface area contributed by atoms with E-state index < -0.39 is 0 Å². The third-order valence-corrected chi connectivity index (χ3v) is 6.50. The normalized spacial score (nSPS) is 34.3. The number of hydrogen-bond acceptors (Lipinski definition) is 4. The summed E-state index contributed by atoms with van der Waals surface area (Å²) in [4.78, 5) is 0. The van der Waals surface area contributed by atoms with Gasteiger partial charge in [-0.3, -0.25) is 0 Å². The van der Waals surface area contributed by atoms with Gasteiger partial charge >= 0.3 is 0 Å². The van der Waals surface area contributed by atoms with Gasteiger partial charge in [0.15, 0.2) is 0 Å². The van der Waals surface area contributed by atoms with E-state index in [1.165, 1.54) is 0 Å². The van der Waals surface area contributed by atoms with Crippen LogP contribution in [0.25, 0.3) is 0 Å². The van der Waals surface area contributed by atoms with Crippen molar-refractivity contribution in [2.75, 3.05) is 5.75 Å². The van der Waals surface area contributed by atoms with Crippen LogP contribution in [0.3, 0.4) is 0 Å². The summed E-state index contributed by atoms with van der Waals surface area (Å²) < 4.78 is 0.274. The van der Waals surface area contributed by atoms with Crippen molar-refractivity contribution in [3.63, 3.8) is 0 Å². The lowest BCUT2D eigenvalue weighted by atomic mass is 10.1. The molecule has 0 radical (unpaired) electrons. The van der Waals surface area contributed by atoms with Crippen molar-refractivity contribution in [3.05, 3.63) is 0 Å². The molecule has 0 amide bonds. The summed E-state index contributed by atoms with van der Waals surface area (Å²) in [6.45, 7) is 4.41. The van der Waals surface area contributed by atoms with Crippen LogP contribution in [0.1, 0.15) is 13.8 Å². The molecule has 0 aromatic carbocycles. The molecule has 1 heterocycles. The quantitative estimate of drug-likeness (QED) is 0.579. The minimum atomic E-state index is 0.274. The van der Waals surface area contributed by atoms with E-state index in [2.05, 4.69) is 13.8 Å². The van der Waals surface area contributed by atoms with Gasteiger partial charge in [-0.2, -0.15) is 0 Å². The van der Waals surface area contributed by atoms with Crippen LogP contribution in [0.15, 0.2) is 0 Å². The maximum absolute atomic E-state index is 5.86. The molecule has 9 heavy (non-hydrogen) atoms. The van der Waals surface area contributed by atoms with Gasteiger partial charge in [-0.1, -0.05) is 21.6 Å². The Morgan fingerprint density at radius 1 is 1.56 bits per heavy atom. The SMILES string of the molecule is CC1(C)SSSCC1N. The average molecular weight is 181 g/mol. The predicted molar refractivity (Wildman–Crippen MR) is 49.7 cm³/mol. The van der Waals surface area contributed by atoms with E-state index in [9.17, 15) is 0 Å². The Balaban J connectivity index is 2.49. The molecule has 54 valence electrons. The second-order valence-electron chi connectivity index (χ2n) is 2.65. The minimum Gasteiger partial charge on any atom is -0.326 e. The van der Waals surface area contributed by atoms with Gasteiger partial charge < -0.3 is 5.73 Å². The molecule has 0 spiro atoms. The van der Waals surface area contributed by atoms with Crippen LogP contribution in [0, 0.1) is 0 Å². The first-order valence-electron chi connectivity index (χ1n) is 2.86. The lowest BCUT2D eigenvalue weighted by Crippen LogP contribution is -2.43. The maximum Gasteiger partial charge on any atom is 0.0374 e. The van der Waals surface area contributed by atoms with Crippen molar-refractivity contribution < 1.29 is 0 Å². The summed E-state index contributed by atoms with van der Waals surface area (Å²) in [5.41, 5.74) is 5.86. The Morgan fingerprint density at radius 2 is 2.22 bits per heavy atom. The lowest BCUT2D eigenvalue weighted by molar-refractivity contribution is 0.588. The van der Waals surface area contributed by atoms with Crippen molar-refractivity contribution in [2.45, 2.75) is 24.6 Å². The molecule has 1 fully saturated rings. The minimum absolute atomic E-state index is 0.274. The highest BCUT2D eigenvalue weighted by atomic mass is 33.5. The van der Waals surface area contributed by atoms with Crippen LogP contribution < -0.4 is 5.73 Å². The van der Waals surface area contributed by atoms with Gasteiger partial charge in [-0.05, 0) is 23.7 Å². The molecule has 0 aromatic rings. The standard InChI is InChI=1S/C5H11NS3/c1-5(2)4(6)3-7-9-8-5/h4H,3,6H2,1-2H3. The first-order chi connectivity index (χ1) is 4.13. The highest BCUT2D eigenvalue weighted by Gasteiger charge is 2.31. The fraction of sp³-hybridized carbons (Fsp3) is 1.00. The molecule has 1 rings (SSSR count). The molecule has 2 N–H and O–H groups in total. The summed E-state index contributed by atoms with van der Waals surface area (Å²) in [6, 6.07) is 0.355. The predicted octanol–water partition coefficient (Wildman–Crippen LogP) is 2.14. The molecule has 1 saturated heterocycles. The Hall–Kier alpha value is 1.01.